The van der Waals surface area contributed by atoms with Crippen molar-refractivity contribution in [3.8, 4) is 0 Å². The van der Waals surface area contributed by atoms with Crippen molar-refractivity contribution in [2.24, 2.45) is 7.05 Å². The maximum absolute atomic E-state index is 11.9. The molecule has 6 heteroatoms. The lowest BCUT2D eigenvalue weighted by Gasteiger charge is -2.22. The number of nitrogens with zero attached hydrogens (tertiary/aromatic N) is 2. The monoisotopic (exact) mass is 240 g/mol. The van der Waals surface area contributed by atoms with E-state index in [0.717, 1.165) is 18.6 Å². The summed E-state index contributed by atoms with van der Waals surface area (Å²) in [5, 5.41) is 6.95. The van der Waals surface area contributed by atoms with Crippen LogP contribution in [-0.2, 0) is 7.05 Å². The van der Waals surface area contributed by atoms with E-state index in [1.807, 2.05) is 11.8 Å². The minimum Gasteiger partial charge on any atom is -0.383 e. The first-order chi connectivity index (χ1) is 7.68. The number of amides is 1. The van der Waals surface area contributed by atoms with Gasteiger partial charge in [-0.3, -0.25) is 9.48 Å². The van der Waals surface area contributed by atoms with Crippen LogP contribution in [0.3, 0.4) is 0 Å². The highest BCUT2D eigenvalue weighted by Gasteiger charge is 2.19. The normalized spacial score (nSPS) is 20.7. The predicted molar refractivity (Wildman–Crippen MR) is 65.4 cm³/mol. The van der Waals surface area contributed by atoms with Gasteiger partial charge in [0.2, 0.25) is 0 Å². The first-order valence-electron chi connectivity index (χ1n) is 5.34. The standard InChI is InChI=1S/C10H16N4OS/c1-14-9(11)8(5-12-14)10(15)13-7-3-2-4-16-6-7/h5,7H,2-4,6,11H2,1H3,(H,13,15). The summed E-state index contributed by atoms with van der Waals surface area (Å²) in [6, 6.07) is 0.269. The lowest BCUT2D eigenvalue weighted by atomic mass is 10.1. The van der Waals surface area contributed by atoms with Gasteiger partial charge in [-0.05, 0) is 18.6 Å². The van der Waals surface area contributed by atoms with Crippen LogP contribution >= 0.6 is 11.8 Å². The summed E-state index contributed by atoms with van der Waals surface area (Å²) >= 11 is 1.88. The molecule has 0 aliphatic carbocycles. The van der Waals surface area contributed by atoms with Gasteiger partial charge in [0.1, 0.15) is 11.4 Å². The van der Waals surface area contributed by atoms with Crippen molar-refractivity contribution in [3.05, 3.63) is 11.8 Å². The summed E-state index contributed by atoms with van der Waals surface area (Å²) in [5.41, 5.74) is 6.21. The van der Waals surface area contributed by atoms with Crippen LogP contribution in [0.15, 0.2) is 6.20 Å². The molecule has 0 spiro atoms. The van der Waals surface area contributed by atoms with Gasteiger partial charge in [0.25, 0.3) is 5.91 Å². The molecule has 16 heavy (non-hydrogen) atoms. The van der Waals surface area contributed by atoms with E-state index < -0.39 is 0 Å². The first kappa shape index (κ1) is 11.3. The predicted octanol–water partition coefficient (Wildman–Crippen LogP) is 0.628. The summed E-state index contributed by atoms with van der Waals surface area (Å²) in [7, 11) is 1.72. The van der Waals surface area contributed by atoms with Gasteiger partial charge < -0.3 is 11.1 Å². The largest absolute Gasteiger partial charge is 0.383 e. The van der Waals surface area contributed by atoms with Crippen molar-refractivity contribution >= 4 is 23.5 Å². The summed E-state index contributed by atoms with van der Waals surface area (Å²) in [5.74, 6) is 2.49. The first-order valence-corrected chi connectivity index (χ1v) is 6.50. The van der Waals surface area contributed by atoms with Gasteiger partial charge in [-0.2, -0.15) is 16.9 Å². The van der Waals surface area contributed by atoms with Crippen LogP contribution in [0.25, 0.3) is 0 Å². The third-order valence-corrected chi connectivity index (χ3v) is 3.94. The highest BCUT2D eigenvalue weighted by Crippen LogP contribution is 2.18. The minimum atomic E-state index is -0.113. The molecule has 0 bridgehead atoms. The Hall–Kier alpha value is -1.17. The molecule has 2 heterocycles. The Morgan fingerprint density at radius 3 is 3.12 bits per heavy atom. The molecule has 1 aliphatic heterocycles. The Balaban J connectivity index is 1.99. The summed E-state index contributed by atoms with van der Waals surface area (Å²) in [6.07, 6.45) is 3.73. The summed E-state index contributed by atoms with van der Waals surface area (Å²) < 4.78 is 1.50. The number of hydrogen-bond acceptors (Lipinski definition) is 4. The van der Waals surface area contributed by atoms with Crippen molar-refractivity contribution < 1.29 is 4.79 Å². The van der Waals surface area contributed by atoms with Gasteiger partial charge in [0.05, 0.1) is 6.20 Å². The Morgan fingerprint density at radius 1 is 1.75 bits per heavy atom. The molecule has 1 saturated heterocycles. The Bertz CT molecular complexity index is 384. The molecule has 0 aromatic carbocycles. The summed E-state index contributed by atoms with van der Waals surface area (Å²) in [4.78, 5) is 11.9. The number of nitrogens with one attached hydrogen (secondary N) is 1. The summed E-state index contributed by atoms with van der Waals surface area (Å²) in [6.45, 7) is 0. The molecule has 1 aromatic rings. The molecular formula is C10H16N4OS. The van der Waals surface area contributed by atoms with Crippen molar-refractivity contribution in [1.29, 1.82) is 0 Å². The van der Waals surface area contributed by atoms with Crippen LogP contribution in [0.2, 0.25) is 0 Å². The van der Waals surface area contributed by atoms with Gasteiger partial charge >= 0.3 is 0 Å². The number of nitrogen functional groups attached to an aromatic ring is 1. The second-order valence-corrected chi connectivity index (χ2v) is 5.10. The van der Waals surface area contributed by atoms with E-state index in [-0.39, 0.29) is 11.9 Å². The molecule has 1 fully saturated rings. The van der Waals surface area contributed by atoms with Crippen LogP contribution < -0.4 is 11.1 Å². The number of carbonyl (C=O) groups is 1. The van der Waals surface area contributed by atoms with E-state index in [9.17, 15) is 4.79 Å². The molecule has 1 aromatic heterocycles. The molecule has 2 rings (SSSR count). The van der Waals surface area contributed by atoms with E-state index in [2.05, 4.69) is 10.4 Å². The second-order valence-electron chi connectivity index (χ2n) is 3.95. The number of hydrogen-bond donors (Lipinski definition) is 2. The van der Waals surface area contributed by atoms with Crippen LogP contribution in [0, 0.1) is 0 Å². The van der Waals surface area contributed by atoms with Crippen LogP contribution in [-0.4, -0.2) is 33.2 Å². The average molecular weight is 240 g/mol. The zero-order valence-electron chi connectivity index (χ0n) is 9.27. The quantitative estimate of drug-likeness (QED) is 0.795. The SMILES string of the molecule is Cn1ncc(C(=O)NC2CCCSC2)c1N. The van der Waals surface area contributed by atoms with Gasteiger partial charge in [0.15, 0.2) is 0 Å². The molecule has 0 radical (unpaired) electrons. The number of nitrogens with two attached hydrogens (primary N) is 1. The Labute approximate surface area is 98.8 Å². The second kappa shape index (κ2) is 4.78. The number of anilines is 1. The van der Waals surface area contributed by atoms with Crippen molar-refractivity contribution in [3.63, 3.8) is 0 Å². The van der Waals surface area contributed by atoms with Gasteiger partial charge in [-0.25, -0.2) is 0 Å². The van der Waals surface area contributed by atoms with E-state index in [1.54, 1.807) is 7.05 Å². The molecule has 88 valence electrons. The number of aryl methyl sites for hydroxylation is 1. The topological polar surface area (TPSA) is 72.9 Å². The fourth-order valence-corrected chi connectivity index (χ4v) is 2.81. The van der Waals surface area contributed by atoms with Crippen LogP contribution in [0.5, 0.6) is 0 Å². The van der Waals surface area contributed by atoms with Crippen molar-refractivity contribution in [2.75, 3.05) is 17.2 Å². The van der Waals surface area contributed by atoms with Crippen molar-refractivity contribution in [1.82, 2.24) is 15.1 Å². The van der Waals surface area contributed by atoms with Gasteiger partial charge in [-0.1, -0.05) is 0 Å². The maximum atomic E-state index is 11.9. The zero-order valence-corrected chi connectivity index (χ0v) is 10.1. The molecule has 1 amide bonds. The fourth-order valence-electron chi connectivity index (χ4n) is 1.74. The van der Waals surface area contributed by atoms with Gasteiger partial charge in [0, 0.05) is 18.8 Å². The molecule has 0 saturated carbocycles. The molecule has 5 nitrogen and oxygen atoms in total. The molecule has 1 unspecified atom stereocenters. The fraction of sp³-hybridized carbons (Fsp3) is 0.600. The van der Waals surface area contributed by atoms with Gasteiger partial charge in [-0.15, -0.1) is 0 Å². The highest BCUT2D eigenvalue weighted by atomic mass is 32.2. The maximum Gasteiger partial charge on any atom is 0.256 e. The number of aromatic nitrogens is 2. The number of thioether (sulfide) groups is 1. The number of carbonyl (C=O) groups excluding carboxylic acids is 1. The smallest absolute Gasteiger partial charge is 0.256 e. The minimum absolute atomic E-state index is 0.113. The molecule has 3 N–H and O–H groups in total. The van der Waals surface area contributed by atoms with E-state index >= 15 is 0 Å². The van der Waals surface area contributed by atoms with E-state index in [4.69, 9.17) is 5.73 Å². The molecule has 1 aliphatic rings. The van der Waals surface area contributed by atoms with Crippen LogP contribution in [0.4, 0.5) is 5.82 Å². The zero-order chi connectivity index (χ0) is 11.5. The average Bonchev–Trinajstić information content (AvgIpc) is 2.61. The van der Waals surface area contributed by atoms with E-state index in [1.165, 1.54) is 16.6 Å². The van der Waals surface area contributed by atoms with Crippen LogP contribution in [0.1, 0.15) is 23.2 Å². The lowest BCUT2D eigenvalue weighted by Crippen LogP contribution is -2.38. The third kappa shape index (κ3) is 2.32. The lowest BCUT2D eigenvalue weighted by molar-refractivity contribution is 0.0939. The van der Waals surface area contributed by atoms with E-state index in [0.29, 0.717) is 11.4 Å². The highest BCUT2D eigenvalue weighted by molar-refractivity contribution is 7.99. The Morgan fingerprint density at radius 2 is 2.56 bits per heavy atom. The molecule has 1 atom stereocenters. The molecular weight excluding hydrogens is 224 g/mol. The Kier molecular flexibility index (Phi) is 3.38. The number of rotatable bonds is 2. The third-order valence-electron chi connectivity index (χ3n) is 2.72. The van der Waals surface area contributed by atoms with Crippen molar-refractivity contribution in [2.45, 2.75) is 18.9 Å².